The molecule has 4 rings (SSSR count). The zero-order valence-corrected chi connectivity index (χ0v) is 25.8. The number of hydrogen-bond acceptors (Lipinski definition) is 0. The van der Waals surface area contributed by atoms with Crippen molar-refractivity contribution in [1.82, 2.24) is 0 Å². The number of halogens is 3. The summed E-state index contributed by atoms with van der Waals surface area (Å²) >= 11 is 2.33. The van der Waals surface area contributed by atoms with Crippen molar-refractivity contribution in [3.8, 4) is 0 Å². The van der Waals surface area contributed by atoms with Gasteiger partial charge in [0.15, 0.2) is 0 Å². The van der Waals surface area contributed by atoms with Gasteiger partial charge in [-0.15, -0.1) is 0 Å². The van der Waals surface area contributed by atoms with E-state index >= 15 is 0 Å². The average molecular weight is 576 g/mol. The fourth-order valence-electron chi connectivity index (χ4n) is 5.29. The summed E-state index contributed by atoms with van der Waals surface area (Å²) in [7, 11) is -2.41. The molecule has 0 atom stereocenters. The van der Waals surface area contributed by atoms with E-state index in [1.165, 1.54) is 55.4 Å². The van der Waals surface area contributed by atoms with Gasteiger partial charge in [-0.3, -0.25) is 0 Å². The van der Waals surface area contributed by atoms with Crippen LogP contribution in [0.5, 0.6) is 0 Å². The van der Waals surface area contributed by atoms with Gasteiger partial charge in [-0.1, -0.05) is 0 Å². The molecule has 0 nitrogen and oxygen atoms in total. The third-order valence-corrected chi connectivity index (χ3v) is 12.5. The quantitative estimate of drug-likeness (QED) is 0.208. The first-order chi connectivity index (χ1) is 15.5. The Kier molecular flexibility index (Phi) is 12.8. The van der Waals surface area contributed by atoms with E-state index in [2.05, 4.69) is 127 Å². The summed E-state index contributed by atoms with van der Waals surface area (Å²) in [5.74, 6) is 0. The molecule has 0 N–H and O–H groups in total. The van der Waals surface area contributed by atoms with E-state index in [0.29, 0.717) is 0 Å². The monoisotopic (exact) mass is 574 g/mol. The van der Waals surface area contributed by atoms with Crippen LogP contribution in [0.3, 0.4) is 0 Å². The minimum atomic E-state index is -2.41. The van der Waals surface area contributed by atoms with Gasteiger partial charge in [-0.2, -0.15) is 0 Å². The number of rotatable bonds is 7. The van der Waals surface area contributed by atoms with Crippen molar-refractivity contribution in [3.63, 3.8) is 0 Å². The van der Waals surface area contributed by atoms with E-state index in [1.54, 1.807) is 10.8 Å². The van der Waals surface area contributed by atoms with Gasteiger partial charge in [0, 0.05) is 0 Å². The Hall–Kier alpha value is -1.06. The van der Waals surface area contributed by atoms with Crippen molar-refractivity contribution < 1.29 is 57.7 Å². The number of aryl methyl sites for hydroxylation is 3. The van der Waals surface area contributed by atoms with Gasteiger partial charge in [-0.05, 0) is 0 Å². The molecule has 1 aliphatic carbocycles. The molecular formula is C30H33Cl3SiTi. The molecule has 0 bridgehead atoms. The second-order valence-electron chi connectivity index (χ2n) is 9.24. The fourth-order valence-corrected chi connectivity index (χ4v) is 11.6. The first-order valence-corrected chi connectivity index (χ1v) is 14.6. The van der Waals surface area contributed by atoms with Crippen LogP contribution in [0.15, 0.2) is 93.5 Å². The van der Waals surface area contributed by atoms with Gasteiger partial charge in [0.25, 0.3) is 0 Å². The van der Waals surface area contributed by atoms with Crippen molar-refractivity contribution in [2.75, 3.05) is 0 Å². The van der Waals surface area contributed by atoms with Crippen LogP contribution in [-0.2, 0) is 20.4 Å². The molecule has 0 heterocycles. The average Bonchev–Trinajstić information content (AvgIpc) is 3.14. The van der Waals surface area contributed by atoms with Crippen LogP contribution >= 0.6 is 0 Å². The molecule has 0 spiro atoms. The molecule has 0 saturated heterocycles. The minimum Gasteiger partial charge on any atom is -1.00 e. The fraction of sp³-hybridized carbons (Fsp3) is 0.267. The van der Waals surface area contributed by atoms with Crippen molar-refractivity contribution in [2.45, 2.75) is 53.4 Å². The van der Waals surface area contributed by atoms with Gasteiger partial charge < -0.3 is 37.2 Å². The zero-order valence-electron chi connectivity index (χ0n) is 21.0. The normalized spacial score (nSPS) is 12.9. The summed E-state index contributed by atoms with van der Waals surface area (Å²) in [6, 6.07) is 28.1. The molecule has 35 heavy (non-hydrogen) atoms. The van der Waals surface area contributed by atoms with E-state index in [0.717, 1.165) is 6.42 Å². The Morgan fingerprint density at radius 2 is 1.14 bits per heavy atom. The first kappa shape index (κ1) is 32.0. The Morgan fingerprint density at radius 3 is 1.51 bits per heavy atom. The molecule has 0 aromatic heterocycles. The van der Waals surface area contributed by atoms with Crippen molar-refractivity contribution >= 4 is 23.6 Å². The summed E-state index contributed by atoms with van der Waals surface area (Å²) in [6.07, 6.45) is 7.24. The Morgan fingerprint density at radius 1 is 0.714 bits per heavy atom. The van der Waals surface area contributed by atoms with E-state index in [1.807, 2.05) is 0 Å². The molecule has 1 aliphatic rings. The van der Waals surface area contributed by atoms with Gasteiger partial charge >= 0.3 is 208 Å². The summed E-state index contributed by atoms with van der Waals surface area (Å²) in [4.78, 5) is 0. The van der Waals surface area contributed by atoms with Crippen LogP contribution in [0, 0.1) is 20.8 Å². The molecular weight excluding hydrogens is 543 g/mol. The topological polar surface area (TPSA) is 0 Å². The van der Waals surface area contributed by atoms with Crippen LogP contribution in [-0.4, -0.2) is 8.07 Å². The molecule has 182 valence electrons. The maximum atomic E-state index is 2.49. The standard InChI is InChI=1S/C30H33Si.3ClH.Ti/c1-5-6-14-26-15-10-19-30(26)31(27-16-7-11-23(2)20-27,28-17-8-12-24(3)21-28)29-18-9-13-25(4)22-29;;;;/h7-13,16-18,20-22H,5-6,14,19H2,1-4H3;3*1H;/q;;;;+3/p-3. The maximum Gasteiger partial charge on any atom is -1.00 e. The second-order valence-corrected chi connectivity index (χ2v) is 13.9. The van der Waals surface area contributed by atoms with Crippen molar-refractivity contribution in [3.05, 3.63) is 110 Å². The maximum absolute atomic E-state index is 2.49. The van der Waals surface area contributed by atoms with Gasteiger partial charge in [0.2, 0.25) is 0 Å². The SMILES string of the molecule is CCCCC1=C([Si](c2cccc(C)c2)(c2cccc(C)c2)c2cccc(C)c2)CC=[C]1[Ti+3].[Cl-].[Cl-].[Cl-]. The van der Waals surface area contributed by atoms with Crippen LogP contribution in [0.2, 0.25) is 0 Å². The molecule has 5 heteroatoms. The first-order valence-electron chi connectivity index (χ1n) is 11.8. The van der Waals surface area contributed by atoms with E-state index in [4.69, 9.17) is 0 Å². The molecule has 3 aromatic carbocycles. The van der Waals surface area contributed by atoms with Crippen molar-refractivity contribution in [2.24, 2.45) is 0 Å². The molecule has 3 aromatic rings. The largest absolute Gasteiger partial charge is 1.00 e. The Labute approximate surface area is 243 Å². The molecule has 0 amide bonds. The summed E-state index contributed by atoms with van der Waals surface area (Å²) in [6.45, 7) is 9.01. The van der Waals surface area contributed by atoms with Crippen LogP contribution in [0.4, 0.5) is 0 Å². The third-order valence-electron chi connectivity index (χ3n) is 6.79. The second kappa shape index (κ2) is 14.0. The zero-order chi connectivity index (χ0) is 22.7. The van der Waals surface area contributed by atoms with Crippen LogP contribution < -0.4 is 52.8 Å². The van der Waals surface area contributed by atoms with Crippen LogP contribution in [0.25, 0.3) is 0 Å². The molecule has 0 radical (unpaired) electrons. The van der Waals surface area contributed by atoms with Crippen LogP contribution in [0.1, 0.15) is 49.3 Å². The van der Waals surface area contributed by atoms with E-state index in [9.17, 15) is 0 Å². The van der Waals surface area contributed by atoms with E-state index < -0.39 is 8.07 Å². The van der Waals surface area contributed by atoms with Gasteiger partial charge in [-0.25, -0.2) is 0 Å². The molecule has 0 saturated carbocycles. The van der Waals surface area contributed by atoms with Gasteiger partial charge in [0.05, 0.1) is 0 Å². The molecule has 0 aliphatic heterocycles. The molecule has 0 unspecified atom stereocenters. The Balaban J connectivity index is 0.00000204. The number of hydrogen-bond donors (Lipinski definition) is 0. The summed E-state index contributed by atoms with van der Waals surface area (Å²) < 4.78 is 1.50. The smallest absolute Gasteiger partial charge is 1.00 e. The summed E-state index contributed by atoms with van der Waals surface area (Å²) in [5.41, 5.74) is 5.66. The third kappa shape index (κ3) is 6.45. The minimum absolute atomic E-state index is 0. The number of benzene rings is 3. The predicted octanol–water partition coefficient (Wildman–Crippen LogP) is -3.05. The number of allylic oxidation sites excluding steroid dienone is 4. The van der Waals surface area contributed by atoms with Crippen molar-refractivity contribution in [1.29, 1.82) is 0 Å². The predicted molar refractivity (Wildman–Crippen MR) is 137 cm³/mol. The van der Waals surface area contributed by atoms with Gasteiger partial charge in [0.1, 0.15) is 0 Å². The number of unbranched alkanes of at least 4 members (excludes halogenated alkanes) is 1. The Bertz CT molecular complexity index is 1090. The summed E-state index contributed by atoms with van der Waals surface area (Å²) in [5, 5.41) is 6.24. The molecule has 0 fully saturated rings. The van der Waals surface area contributed by atoms with E-state index in [-0.39, 0.29) is 37.2 Å².